The Hall–Kier alpha value is -0.650. The van der Waals surface area contributed by atoms with E-state index in [9.17, 15) is 9.90 Å². The maximum atomic E-state index is 11.7. The number of amides is 1. The quantitative estimate of drug-likeness (QED) is 0.367. The molecule has 5 heteroatoms. The first-order valence-corrected chi connectivity index (χ1v) is 6.33. The van der Waals surface area contributed by atoms with Crippen LogP contribution in [0.2, 0.25) is 0 Å². The van der Waals surface area contributed by atoms with Crippen LogP contribution in [0.25, 0.3) is 0 Å². The van der Waals surface area contributed by atoms with Gasteiger partial charge in [0, 0.05) is 6.54 Å². The van der Waals surface area contributed by atoms with E-state index in [0.29, 0.717) is 6.54 Å². The number of hydrogen-bond acceptors (Lipinski definition) is 4. The maximum absolute atomic E-state index is 11.7. The van der Waals surface area contributed by atoms with Gasteiger partial charge >= 0.3 is 0 Å². The molecule has 1 unspecified atom stereocenters. The van der Waals surface area contributed by atoms with Crippen molar-refractivity contribution in [1.29, 1.82) is 0 Å². The van der Waals surface area contributed by atoms with E-state index in [2.05, 4.69) is 5.43 Å². The molecule has 1 aliphatic carbocycles. The van der Waals surface area contributed by atoms with Crippen LogP contribution in [0.5, 0.6) is 0 Å². The number of likely N-dealkylation sites (N-methyl/N-ethyl adjacent to an activating group) is 1. The van der Waals surface area contributed by atoms with Crippen LogP contribution in [0.4, 0.5) is 0 Å². The first-order valence-electron chi connectivity index (χ1n) is 6.33. The van der Waals surface area contributed by atoms with E-state index in [0.717, 1.165) is 25.7 Å². The van der Waals surface area contributed by atoms with E-state index < -0.39 is 5.60 Å². The average molecular weight is 243 g/mol. The summed E-state index contributed by atoms with van der Waals surface area (Å²) in [6, 6.07) is -0.287. The third-order valence-corrected chi connectivity index (χ3v) is 3.60. The van der Waals surface area contributed by atoms with Gasteiger partial charge in [-0.25, -0.2) is 5.84 Å². The highest BCUT2D eigenvalue weighted by Gasteiger charge is 2.36. The predicted molar refractivity (Wildman–Crippen MR) is 67.0 cm³/mol. The Morgan fingerprint density at radius 1 is 1.47 bits per heavy atom. The molecule has 0 aromatic heterocycles. The molecule has 0 spiro atoms. The number of nitrogens with two attached hydrogens (primary N) is 1. The predicted octanol–water partition coefficient (Wildman–Crippen LogP) is 0.238. The van der Waals surface area contributed by atoms with Crippen molar-refractivity contribution in [3.8, 4) is 0 Å². The molecule has 0 saturated heterocycles. The van der Waals surface area contributed by atoms with E-state index >= 15 is 0 Å². The molecule has 1 saturated carbocycles. The van der Waals surface area contributed by atoms with Crippen molar-refractivity contribution >= 4 is 5.91 Å². The molecule has 100 valence electrons. The van der Waals surface area contributed by atoms with Crippen molar-refractivity contribution in [2.45, 2.75) is 51.2 Å². The van der Waals surface area contributed by atoms with Gasteiger partial charge in [0.1, 0.15) is 0 Å². The molecule has 5 nitrogen and oxygen atoms in total. The monoisotopic (exact) mass is 243 g/mol. The van der Waals surface area contributed by atoms with Crippen LogP contribution >= 0.6 is 0 Å². The van der Waals surface area contributed by atoms with Gasteiger partial charge in [0.2, 0.25) is 0 Å². The highest BCUT2D eigenvalue weighted by molar-refractivity contribution is 5.81. The molecule has 0 bridgehead atoms. The van der Waals surface area contributed by atoms with Crippen LogP contribution in [0.1, 0.15) is 39.5 Å². The number of hydrazine groups is 1. The Balaban J connectivity index is 2.65. The summed E-state index contributed by atoms with van der Waals surface area (Å²) in [6.07, 6.45) is 3.79. The first-order chi connectivity index (χ1) is 7.89. The zero-order chi connectivity index (χ0) is 13.1. The Kier molecular flexibility index (Phi) is 4.91. The number of nitrogens with zero attached hydrogens (tertiary/aromatic N) is 1. The van der Waals surface area contributed by atoms with E-state index in [-0.39, 0.29) is 17.9 Å². The lowest BCUT2D eigenvalue weighted by Gasteiger charge is -2.35. The van der Waals surface area contributed by atoms with Gasteiger partial charge < -0.3 is 5.11 Å². The van der Waals surface area contributed by atoms with Crippen molar-refractivity contribution in [1.82, 2.24) is 10.3 Å². The van der Waals surface area contributed by atoms with Crippen LogP contribution in [0, 0.1) is 5.92 Å². The summed E-state index contributed by atoms with van der Waals surface area (Å²) < 4.78 is 0. The molecule has 1 aliphatic rings. The lowest BCUT2D eigenvalue weighted by Crippen LogP contribution is -2.54. The number of aliphatic hydroxyl groups is 1. The number of rotatable bonds is 5. The minimum absolute atomic E-state index is 0.161. The Morgan fingerprint density at radius 3 is 2.41 bits per heavy atom. The minimum atomic E-state index is -0.628. The average Bonchev–Trinajstić information content (AvgIpc) is 2.63. The molecule has 1 rings (SSSR count). The van der Waals surface area contributed by atoms with Crippen LogP contribution in [-0.4, -0.2) is 41.1 Å². The first kappa shape index (κ1) is 14.4. The Bertz CT molecular complexity index is 262. The second kappa shape index (κ2) is 5.80. The lowest BCUT2D eigenvalue weighted by molar-refractivity contribution is -0.128. The van der Waals surface area contributed by atoms with Crippen molar-refractivity contribution in [3.05, 3.63) is 0 Å². The summed E-state index contributed by atoms with van der Waals surface area (Å²) in [4.78, 5) is 13.6. The largest absolute Gasteiger partial charge is 0.389 e. The molecule has 0 aliphatic heterocycles. The minimum Gasteiger partial charge on any atom is -0.389 e. The maximum Gasteiger partial charge on any atom is 0.251 e. The molecule has 0 heterocycles. The van der Waals surface area contributed by atoms with Crippen LogP contribution in [-0.2, 0) is 4.79 Å². The van der Waals surface area contributed by atoms with Gasteiger partial charge in [-0.3, -0.25) is 15.1 Å². The van der Waals surface area contributed by atoms with Gasteiger partial charge in [0.15, 0.2) is 0 Å². The zero-order valence-corrected chi connectivity index (χ0v) is 11.1. The summed E-state index contributed by atoms with van der Waals surface area (Å²) >= 11 is 0. The van der Waals surface area contributed by atoms with Crippen molar-refractivity contribution in [2.75, 3.05) is 13.6 Å². The second-order valence-electron chi connectivity index (χ2n) is 5.54. The van der Waals surface area contributed by atoms with Crippen LogP contribution in [0.3, 0.4) is 0 Å². The molecule has 0 radical (unpaired) electrons. The molecule has 17 heavy (non-hydrogen) atoms. The molecule has 0 aromatic carbocycles. The number of hydrogen-bond donors (Lipinski definition) is 3. The summed E-state index contributed by atoms with van der Waals surface area (Å²) in [5.41, 5.74) is 1.57. The molecular formula is C12H25N3O2. The fraction of sp³-hybridized carbons (Fsp3) is 0.917. The van der Waals surface area contributed by atoms with E-state index in [4.69, 9.17) is 5.84 Å². The van der Waals surface area contributed by atoms with E-state index in [1.165, 1.54) is 0 Å². The summed E-state index contributed by atoms with van der Waals surface area (Å²) in [7, 11) is 1.87. The number of carbonyl (C=O) groups is 1. The summed E-state index contributed by atoms with van der Waals surface area (Å²) in [6.45, 7) is 4.49. The third-order valence-electron chi connectivity index (χ3n) is 3.60. The molecule has 1 amide bonds. The van der Waals surface area contributed by atoms with Gasteiger partial charge in [0.25, 0.3) is 5.91 Å². The van der Waals surface area contributed by atoms with Crippen LogP contribution in [0.15, 0.2) is 0 Å². The topological polar surface area (TPSA) is 78.6 Å². The summed E-state index contributed by atoms with van der Waals surface area (Å²) in [5, 5.41) is 10.3. The molecular weight excluding hydrogens is 218 g/mol. The zero-order valence-electron chi connectivity index (χ0n) is 11.1. The third kappa shape index (κ3) is 3.66. The molecule has 1 fully saturated rings. The number of nitrogens with one attached hydrogen (secondary N) is 1. The fourth-order valence-electron chi connectivity index (χ4n) is 2.85. The van der Waals surface area contributed by atoms with Crippen molar-refractivity contribution < 1.29 is 9.90 Å². The van der Waals surface area contributed by atoms with Crippen molar-refractivity contribution in [2.24, 2.45) is 11.8 Å². The van der Waals surface area contributed by atoms with Crippen molar-refractivity contribution in [3.63, 3.8) is 0 Å². The summed E-state index contributed by atoms with van der Waals surface area (Å²) in [5.74, 6) is 5.17. The standard InChI is InChI=1S/C12H25N3O2/c1-9(2)10(11(16)14-13)15(3)8-12(17)6-4-5-7-12/h9-10,17H,4-8,13H2,1-3H3,(H,14,16). The molecule has 4 N–H and O–H groups in total. The SMILES string of the molecule is CC(C)C(C(=O)NN)N(C)CC1(O)CCCC1. The normalized spacial score (nSPS) is 20.9. The Morgan fingerprint density at radius 2 is 2.00 bits per heavy atom. The molecule has 0 aromatic rings. The number of carbonyl (C=O) groups excluding carboxylic acids is 1. The van der Waals surface area contributed by atoms with Gasteiger partial charge in [-0.1, -0.05) is 26.7 Å². The van der Waals surface area contributed by atoms with E-state index in [1.807, 2.05) is 25.8 Å². The highest BCUT2D eigenvalue weighted by atomic mass is 16.3. The fourth-order valence-corrected chi connectivity index (χ4v) is 2.85. The Labute approximate surface area is 103 Å². The van der Waals surface area contributed by atoms with Gasteiger partial charge in [-0.15, -0.1) is 0 Å². The smallest absolute Gasteiger partial charge is 0.251 e. The van der Waals surface area contributed by atoms with Crippen LogP contribution < -0.4 is 11.3 Å². The van der Waals surface area contributed by atoms with Gasteiger partial charge in [-0.05, 0) is 25.8 Å². The van der Waals surface area contributed by atoms with E-state index in [1.54, 1.807) is 0 Å². The second-order valence-corrected chi connectivity index (χ2v) is 5.54. The van der Waals surface area contributed by atoms with Gasteiger partial charge in [-0.2, -0.15) is 0 Å². The van der Waals surface area contributed by atoms with Gasteiger partial charge in [0.05, 0.1) is 11.6 Å². The molecule has 1 atom stereocenters. The highest BCUT2D eigenvalue weighted by Crippen LogP contribution is 2.30. The lowest BCUT2D eigenvalue weighted by atomic mass is 9.97.